The fourth-order valence-electron chi connectivity index (χ4n) is 2.75. The van der Waals surface area contributed by atoms with Crippen molar-refractivity contribution in [2.75, 3.05) is 6.61 Å². The van der Waals surface area contributed by atoms with E-state index in [4.69, 9.17) is 4.74 Å². The van der Waals surface area contributed by atoms with Crippen LogP contribution in [0.25, 0.3) is 0 Å². The molecule has 0 unspecified atom stereocenters. The van der Waals surface area contributed by atoms with Crippen molar-refractivity contribution in [3.8, 4) is 0 Å². The Morgan fingerprint density at radius 1 is 1.42 bits per heavy atom. The van der Waals surface area contributed by atoms with E-state index in [2.05, 4.69) is 4.98 Å². The van der Waals surface area contributed by atoms with Crippen LogP contribution in [0.3, 0.4) is 0 Å². The van der Waals surface area contributed by atoms with Crippen molar-refractivity contribution in [3.05, 3.63) is 32.6 Å². The highest BCUT2D eigenvalue weighted by Crippen LogP contribution is 2.33. The van der Waals surface area contributed by atoms with Crippen molar-refractivity contribution in [3.63, 3.8) is 0 Å². The van der Waals surface area contributed by atoms with Crippen molar-refractivity contribution in [2.45, 2.75) is 58.0 Å². The highest BCUT2D eigenvalue weighted by Gasteiger charge is 2.46. The van der Waals surface area contributed by atoms with Crippen LogP contribution in [-0.4, -0.2) is 55.1 Å². The molecule has 1 saturated heterocycles. The molecule has 0 radical (unpaired) electrons. The Labute approximate surface area is 138 Å². The van der Waals surface area contributed by atoms with Crippen LogP contribution in [0.15, 0.2) is 15.8 Å². The molecule has 24 heavy (non-hydrogen) atoms. The monoisotopic (exact) mass is 341 g/mol. The topological polar surface area (TPSA) is 125 Å². The molecule has 1 aliphatic heterocycles. The summed E-state index contributed by atoms with van der Waals surface area (Å²) < 4.78 is 6.41. The van der Waals surface area contributed by atoms with Gasteiger partial charge in [0, 0.05) is 18.2 Å². The number of ether oxygens (including phenoxy) is 1. The van der Waals surface area contributed by atoms with Gasteiger partial charge in [0.25, 0.3) is 5.56 Å². The highest BCUT2D eigenvalue weighted by molar-refractivity contribution is 5.69. The summed E-state index contributed by atoms with van der Waals surface area (Å²) in [5, 5.41) is 19.9. The number of amides is 1. The third-order valence-corrected chi connectivity index (χ3v) is 3.78. The Bertz CT molecular complexity index is 732. The number of aryl methyl sites for hydroxylation is 1. The van der Waals surface area contributed by atoms with Gasteiger partial charge in [-0.05, 0) is 27.7 Å². The Morgan fingerprint density at radius 2 is 2.04 bits per heavy atom. The predicted molar refractivity (Wildman–Crippen MR) is 84.7 cm³/mol. The lowest BCUT2D eigenvalue weighted by atomic mass is 10.2. The highest BCUT2D eigenvalue weighted by atomic mass is 16.6. The Hall–Kier alpha value is -2.13. The Morgan fingerprint density at radius 3 is 2.58 bits per heavy atom. The molecule has 1 aliphatic rings. The molecule has 1 amide bonds. The summed E-state index contributed by atoms with van der Waals surface area (Å²) in [4.78, 5) is 39.5. The van der Waals surface area contributed by atoms with E-state index in [-0.39, 0.29) is 18.6 Å². The van der Waals surface area contributed by atoms with Gasteiger partial charge in [-0.15, -0.1) is 0 Å². The van der Waals surface area contributed by atoms with Crippen molar-refractivity contribution >= 4 is 6.09 Å². The number of aliphatic hydroxyl groups is 2. The minimum absolute atomic E-state index is 0.0883. The molecule has 3 N–H and O–H groups in total. The maximum atomic E-state index is 12.5. The van der Waals surface area contributed by atoms with Crippen molar-refractivity contribution in [2.24, 2.45) is 0 Å². The van der Waals surface area contributed by atoms with Gasteiger partial charge in [-0.25, -0.2) is 9.59 Å². The number of H-pyrrole nitrogens is 1. The number of aliphatic hydroxyl groups excluding tert-OH is 2. The fourth-order valence-corrected chi connectivity index (χ4v) is 2.75. The predicted octanol–water partition coefficient (Wildman–Crippen LogP) is -0.294. The molecule has 1 fully saturated rings. The van der Waals surface area contributed by atoms with E-state index in [1.54, 1.807) is 20.8 Å². The average molecular weight is 341 g/mol. The average Bonchev–Trinajstić information content (AvgIpc) is 2.78. The summed E-state index contributed by atoms with van der Waals surface area (Å²) in [6, 6.07) is -0.695. The van der Waals surface area contributed by atoms with Gasteiger partial charge >= 0.3 is 11.8 Å². The molecular weight excluding hydrogens is 318 g/mol. The first-order chi connectivity index (χ1) is 11.0. The number of aromatic nitrogens is 2. The molecule has 0 aliphatic carbocycles. The SMILES string of the molecule is Cc1cn([C@H]2[C@H](O)C[C@@H](CO)N2C(=O)OC(C)(C)C)c(=O)[nH]c1=O. The summed E-state index contributed by atoms with van der Waals surface area (Å²) in [6.45, 7) is 6.20. The van der Waals surface area contributed by atoms with Crippen LogP contribution in [0.2, 0.25) is 0 Å². The second-order valence-electron chi connectivity index (χ2n) is 6.92. The number of hydrogen-bond donors (Lipinski definition) is 3. The maximum Gasteiger partial charge on any atom is 0.412 e. The lowest BCUT2D eigenvalue weighted by Crippen LogP contribution is -2.48. The van der Waals surface area contributed by atoms with Crippen molar-refractivity contribution in [1.29, 1.82) is 0 Å². The molecule has 3 atom stereocenters. The molecular formula is C15H23N3O6. The first-order valence-corrected chi connectivity index (χ1v) is 7.67. The van der Waals surface area contributed by atoms with Crippen molar-refractivity contribution in [1.82, 2.24) is 14.5 Å². The Balaban J connectivity index is 2.49. The van der Waals surface area contributed by atoms with Crippen LogP contribution in [0.4, 0.5) is 4.79 Å². The van der Waals surface area contributed by atoms with Crippen LogP contribution in [-0.2, 0) is 4.74 Å². The molecule has 1 aromatic rings. The van der Waals surface area contributed by atoms with E-state index >= 15 is 0 Å². The fraction of sp³-hybridized carbons (Fsp3) is 0.667. The van der Waals surface area contributed by atoms with Crippen LogP contribution >= 0.6 is 0 Å². The van der Waals surface area contributed by atoms with Crippen LogP contribution in [0, 0.1) is 6.92 Å². The molecule has 9 nitrogen and oxygen atoms in total. The van der Waals surface area contributed by atoms with Gasteiger partial charge in [-0.1, -0.05) is 0 Å². The number of hydrogen-bond acceptors (Lipinski definition) is 6. The van der Waals surface area contributed by atoms with Crippen LogP contribution in [0.5, 0.6) is 0 Å². The largest absolute Gasteiger partial charge is 0.444 e. The van der Waals surface area contributed by atoms with Gasteiger partial charge in [-0.3, -0.25) is 19.2 Å². The number of nitrogens with zero attached hydrogens (tertiary/aromatic N) is 2. The van der Waals surface area contributed by atoms with Crippen LogP contribution in [0.1, 0.15) is 38.9 Å². The van der Waals surface area contributed by atoms with E-state index in [0.717, 1.165) is 9.47 Å². The lowest BCUT2D eigenvalue weighted by molar-refractivity contribution is -0.00972. The van der Waals surface area contributed by atoms with E-state index in [9.17, 15) is 24.6 Å². The first-order valence-electron chi connectivity index (χ1n) is 7.67. The molecule has 0 saturated carbocycles. The molecule has 1 aromatic heterocycles. The van der Waals surface area contributed by atoms with Gasteiger partial charge in [0.1, 0.15) is 11.8 Å². The van der Waals surface area contributed by atoms with Crippen LogP contribution < -0.4 is 11.2 Å². The second kappa shape index (κ2) is 6.40. The molecule has 0 bridgehead atoms. The smallest absolute Gasteiger partial charge is 0.412 e. The Kier molecular flexibility index (Phi) is 4.86. The summed E-state index contributed by atoms with van der Waals surface area (Å²) in [6.07, 6.45) is -1.53. The number of carbonyl (C=O) groups is 1. The zero-order chi connectivity index (χ0) is 18.2. The molecule has 0 spiro atoms. The number of aromatic amines is 1. The first kappa shape index (κ1) is 18.2. The van der Waals surface area contributed by atoms with Gasteiger partial charge in [0.05, 0.1) is 18.8 Å². The minimum Gasteiger partial charge on any atom is -0.444 e. The third-order valence-electron chi connectivity index (χ3n) is 3.78. The molecule has 9 heteroatoms. The summed E-state index contributed by atoms with van der Waals surface area (Å²) in [5.41, 5.74) is -1.80. The maximum absolute atomic E-state index is 12.5. The zero-order valence-corrected chi connectivity index (χ0v) is 14.1. The van der Waals surface area contributed by atoms with E-state index in [1.165, 1.54) is 13.1 Å². The quantitative estimate of drug-likeness (QED) is 0.679. The molecule has 2 rings (SSSR count). The number of carbonyl (C=O) groups excluding carboxylic acids is 1. The normalized spacial score (nSPS) is 24.2. The van der Waals surface area contributed by atoms with Gasteiger partial charge < -0.3 is 14.9 Å². The van der Waals surface area contributed by atoms with Gasteiger partial charge in [0.15, 0.2) is 0 Å². The number of nitrogens with one attached hydrogen (secondary N) is 1. The number of likely N-dealkylation sites (tertiary alicyclic amines) is 1. The van der Waals surface area contributed by atoms with Crippen molar-refractivity contribution < 1.29 is 19.7 Å². The zero-order valence-electron chi connectivity index (χ0n) is 14.1. The molecule has 134 valence electrons. The number of rotatable bonds is 2. The van der Waals surface area contributed by atoms with E-state index in [1.807, 2.05) is 0 Å². The van der Waals surface area contributed by atoms with Gasteiger partial charge in [0.2, 0.25) is 0 Å². The minimum atomic E-state index is -1.09. The van der Waals surface area contributed by atoms with Gasteiger partial charge in [-0.2, -0.15) is 0 Å². The lowest BCUT2D eigenvalue weighted by Gasteiger charge is -2.33. The standard InChI is InChI=1S/C15H23N3O6/c1-8-6-17(13(22)16-11(8)21)12-10(20)5-9(7-19)18(12)14(23)24-15(2,3)4/h6,9-10,12,19-20H,5,7H2,1-4H3,(H,16,21,22)/t9-,10+,12+/m0/s1. The third kappa shape index (κ3) is 3.51. The summed E-state index contributed by atoms with van der Waals surface area (Å²) in [5.74, 6) is 0. The summed E-state index contributed by atoms with van der Waals surface area (Å²) >= 11 is 0. The second-order valence-corrected chi connectivity index (χ2v) is 6.92. The van der Waals surface area contributed by atoms with E-state index in [0.29, 0.717) is 0 Å². The molecule has 0 aromatic carbocycles. The molecule has 2 heterocycles. The van der Waals surface area contributed by atoms with E-state index < -0.39 is 41.3 Å². The summed E-state index contributed by atoms with van der Waals surface area (Å²) in [7, 11) is 0.